The third-order valence-electron chi connectivity index (χ3n) is 5.72. The van der Waals surface area contributed by atoms with E-state index >= 15 is 0 Å². The second-order valence-corrected chi connectivity index (χ2v) is 10.5. The van der Waals surface area contributed by atoms with E-state index in [1.807, 2.05) is 53.1 Å². The number of rotatable bonds is 11. The number of thioether (sulfide) groups is 1. The molecule has 0 fully saturated rings. The molecule has 0 spiro atoms. The Morgan fingerprint density at radius 2 is 1.92 bits per heavy atom. The van der Waals surface area contributed by atoms with Crippen LogP contribution < -0.4 is 14.8 Å². The minimum absolute atomic E-state index is 0.215. The molecule has 0 saturated carbocycles. The van der Waals surface area contributed by atoms with E-state index in [-0.39, 0.29) is 5.91 Å². The molecule has 5 aromatic rings. The van der Waals surface area contributed by atoms with E-state index in [0.717, 1.165) is 16.3 Å². The summed E-state index contributed by atoms with van der Waals surface area (Å²) in [6.07, 6.45) is 2.25. The van der Waals surface area contributed by atoms with E-state index in [4.69, 9.17) is 25.5 Å². The number of carbonyl (C=O) groups is 1. The molecule has 2 aromatic carbocycles. The molecule has 9 nitrogen and oxygen atoms in total. The van der Waals surface area contributed by atoms with Crippen molar-refractivity contribution in [2.24, 2.45) is 0 Å². The molecular formula is C27H24ClN5O4S2. The summed E-state index contributed by atoms with van der Waals surface area (Å²) >= 11 is 8.99. The van der Waals surface area contributed by atoms with Crippen LogP contribution in [0.1, 0.15) is 21.1 Å². The van der Waals surface area contributed by atoms with Crippen LogP contribution in [0.5, 0.6) is 11.5 Å². The number of nitrogens with zero attached hydrogens (tertiary/aromatic N) is 4. The first-order valence-electron chi connectivity index (χ1n) is 11.9. The molecule has 200 valence electrons. The summed E-state index contributed by atoms with van der Waals surface area (Å²) in [6, 6.07) is 16.8. The average Bonchev–Trinajstić information content (AvgIpc) is 3.73. The van der Waals surface area contributed by atoms with Crippen LogP contribution in [0.15, 0.2) is 75.8 Å². The molecular weight excluding hydrogens is 558 g/mol. The number of benzene rings is 2. The molecule has 3 aromatic heterocycles. The number of carbonyl (C=O) groups excluding carboxylic acids is 1. The molecule has 1 amide bonds. The summed E-state index contributed by atoms with van der Waals surface area (Å²) < 4.78 is 18.1. The van der Waals surface area contributed by atoms with Crippen LogP contribution >= 0.6 is 34.7 Å². The summed E-state index contributed by atoms with van der Waals surface area (Å²) in [5.41, 5.74) is 2.27. The van der Waals surface area contributed by atoms with E-state index in [1.165, 1.54) is 23.1 Å². The quantitative estimate of drug-likeness (QED) is 0.192. The highest BCUT2D eigenvalue weighted by Crippen LogP contribution is 2.31. The predicted molar refractivity (Wildman–Crippen MR) is 151 cm³/mol. The summed E-state index contributed by atoms with van der Waals surface area (Å²) in [7, 11) is 3.20. The maximum absolute atomic E-state index is 12.7. The van der Waals surface area contributed by atoms with E-state index in [2.05, 4.69) is 20.5 Å². The lowest BCUT2D eigenvalue weighted by atomic mass is 10.1. The maximum atomic E-state index is 12.7. The lowest BCUT2D eigenvalue weighted by Gasteiger charge is -2.10. The number of methoxy groups -OCH3 is 2. The number of nitrogens with one attached hydrogen (secondary N) is 1. The normalized spacial score (nSPS) is 10.9. The zero-order chi connectivity index (χ0) is 27.2. The molecule has 3 heterocycles. The Morgan fingerprint density at radius 3 is 2.67 bits per heavy atom. The van der Waals surface area contributed by atoms with E-state index < -0.39 is 0 Å². The van der Waals surface area contributed by atoms with E-state index in [0.29, 0.717) is 57.7 Å². The Labute approximate surface area is 238 Å². The lowest BCUT2D eigenvalue weighted by Crippen LogP contribution is -2.26. The van der Waals surface area contributed by atoms with Gasteiger partial charge in [0.15, 0.2) is 22.4 Å². The molecule has 0 radical (unpaired) electrons. The van der Waals surface area contributed by atoms with Gasteiger partial charge in [0.2, 0.25) is 5.82 Å². The number of aromatic nitrogens is 4. The van der Waals surface area contributed by atoms with Crippen molar-refractivity contribution in [3.05, 3.63) is 87.5 Å². The molecule has 0 saturated heterocycles. The van der Waals surface area contributed by atoms with Gasteiger partial charge in [0, 0.05) is 22.6 Å². The first-order chi connectivity index (χ1) is 19.1. The predicted octanol–water partition coefficient (Wildman–Crippen LogP) is 5.92. The zero-order valence-electron chi connectivity index (χ0n) is 21.1. The van der Waals surface area contributed by atoms with E-state index in [9.17, 15) is 4.79 Å². The van der Waals surface area contributed by atoms with Gasteiger partial charge >= 0.3 is 0 Å². The standard InChI is InChI=1S/C27H24ClN5O4S2/c1-35-21-10-5-17(14-23(21)36-2)11-12-29-26(34)20-15-38-24(30-20)16-39-27-32-31-25(22-4-3-13-37-22)33(27)19-8-6-18(28)7-9-19/h3-10,13-15H,11-12,16H2,1-2H3,(H,29,34). The monoisotopic (exact) mass is 581 g/mol. The molecule has 0 aliphatic heterocycles. The fourth-order valence-electron chi connectivity index (χ4n) is 3.81. The van der Waals surface area contributed by atoms with Crippen molar-refractivity contribution >= 4 is 40.6 Å². The van der Waals surface area contributed by atoms with Crippen LogP contribution in [0.2, 0.25) is 5.02 Å². The van der Waals surface area contributed by atoms with Crippen molar-refractivity contribution in [1.82, 2.24) is 25.1 Å². The summed E-state index contributed by atoms with van der Waals surface area (Å²) in [5, 5.41) is 15.5. The molecule has 0 unspecified atom stereocenters. The van der Waals surface area contributed by atoms with Crippen molar-refractivity contribution in [3.63, 3.8) is 0 Å². The number of ether oxygens (including phenoxy) is 2. The number of furan rings is 1. The smallest absolute Gasteiger partial charge is 0.270 e. The Kier molecular flexibility index (Phi) is 8.50. The van der Waals surface area contributed by atoms with Crippen molar-refractivity contribution in [2.45, 2.75) is 17.3 Å². The SMILES string of the molecule is COc1ccc(CCNC(=O)c2csc(CSc3nnc(-c4ccco4)n3-c3ccc(Cl)cc3)n2)cc1OC. The summed E-state index contributed by atoms with van der Waals surface area (Å²) in [6.45, 7) is 0.468. The number of halogens is 1. The Morgan fingerprint density at radius 1 is 1.10 bits per heavy atom. The van der Waals surface area contributed by atoms with Gasteiger partial charge in [-0.1, -0.05) is 29.4 Å². The highest BCUT2D eigenvalue weighted by molar-refractivity contribution is 7.98. The van der Waals surface area contributed by atoms with Gasteiger partial charge in [0.25, 0.3) is 5.91 Å². The van der Waals surface area contributed by atoms with Crippen LogP contribution in [-0.2, 0) is 12.2 Å². The number of hydrogen-bond acceptors (Lipinski definition) is 9. The minimum Gasteiger partial charge on any atom is -0.493 e. The summed E-state index contributed by atoms with van der Waals surface area (Å²) in [5.74, 6) is 2.82. The van der Waals surface area contributed by atoms with Gasteiger partial charge in [-0.15, -0.1) is 21.5 Å². The molecule has 0 bridgehead atoms. The molecule has 1 N–H and O–H groups in total. The van der Waals surface area contributed by atoms with Crippen molar-refractivity contribution < 1.29 is 18.7 Å². The minimum atomic E-state index is -0.215. The Hall–Kier alpha value is -3.80. The fraction of sp³-hybridized carbons (Fsp3) is 0.185. The molecule has 5 rings (SSSR count). The zero-order valence-corrected chi connectivity index (χ0v) is 23.5. The van der Waals surface area contributed by atoms with Crippen LogP contribution in [-0.4, -0.2) is 46.4 Å². The van der Waals surface area contributed by atoms with Crippen LogP contribution in [0, 0.1) is 0 Å². The molecule has 0 aliphatic carbocycles. The van der Waals surface area contributed by atoms with Gasteiger partial charge in [0.05, 0.1) is 26.2 Å². The van der Waals surface area contributed by atoms with Crippen LogP contribution in [0.4, 0.5) is 0 Å². The van der Waals surface area contributed by atoms with Gasteiger partial charge in [0.1, 0.15) is 10.7 Å². The van der Waals surface area contributed by atoms with Gasteiger partial charge in [-0.25, -0.2) is 4.98 Å². The largest absolute Gasteiger partial charge is 0.493 e. The Balaban J connectivity index is 1.22. The summed E-state index contributed by atoms with van der Waals surface area (Å²) in [4.78, 5) is 17.2. The highest BCUT2D eigenvalue weighted by Gasteiger charge is 2.19. The van der Waals surface area contributed by atoms with Gasteiger partial charge in [-0.2, -0.15) is 0 Å². The van der Waals surface area contributed by atoms with Gasteiger partial charge in [-0.05, 0) is 60.5 Å². The van der Waals surface area contributed by atoms with Crippen molar-refractivity contribution in [1.29, 1.82) is 0 Å². The maximum Gasteiger partial charge on any atom is 0.270 e. The van der Waals surface area contributed by atoms with Gasteiger partial charge in [-0.3, -0.25) is 9.36 Å². The number of thiazole rings is 1. The third kappa shape index (κ3) is 6.27. The van der Waals surface area contributed by atoms with E-state index in [1.54, 1.807) is 31.9 Å². The Bertz CT molecular complexity index is 1550. The highest BCUT2D eigenvalue weighted by atomic mass is 35.5. The number of hydrogen-bond donors (Lipinski definition) is 1. The lowest BCUT2D eigenvalue weighted by molar-refractivity contribution is 0.0949. The second kappa shape index (κ2) is 12.4. The fourth-order valence-corrected chi connectivity index (χ4v) is 5.68. The first kappa shape index (κ1) is 26.8. The second-order valence-electron chi connectivity index (χ2n) is 8.21. The average molecular weight is 582 g/mol. The third-order valence-corrected chi connectivity index (χ3v) is 7.94. The molecule has 0 aliphatic rings. The van der Waals surface area contributed by atoms with Crippen LogP contribution in [0.3, 0.4) is 0 Å². The molecule has 0 atom stereocenters. The molecule has 39 heavy (non-hydrogen) atoms. The first-order valence-corrected chi connectivity index (χ1v) is 14.1. The topological polar surface area (TPSA) is 104 Å². The van der Waals surface area contributed by atoms with Crippen molar-refractivity contribution in [3.8, 4) is 28.8 Å². The van der Waals surface area contributed by atoms with Gasteiger partial charge < -0.3 is 19.2 Å². The van der Waals surface area contributed by atoms with Crippen molar-refractivity contribution in [2.75, 3.05) is 20.8 Å². The van der Waals surface area contributed by atoms with Crippen LogP contribution in [0.25, 0.3) is 17.3 Å². The molecule has 12 heteroatoms. The number of amides is 1.